The zero-order valence-corrected chi connectivity index (χ0v) is 21.1. The Hall–Kier alpha value is -3.07. The third-order valence-corrected chi connectivity index (χ3v) is 7.61. The van der Waals surface area contributed by atoms with E-state index in [9.17, 15) is 9.18 Å². The Labute approximate surface area is 211 Å². The molecular formula is C27H36FN7O. The lowest BCUT2D eigenvalue weighted by Crippen LogP contribution is -2.38. The molecule has 0 atom stereocenters. The summed E-state index contributed by atoms with van der Waals surface area (Å²) in [6.45, 7) is 7.88. The molecule has 0 saturated carbocycles. The molecule has 8 nitrogen and oxygen atoms in total. The van der Waals surface area contributed by atoms with Crippen LogP contribution in [0.25, 0.3) is 5.65 Å². The fourth-order valence-corrected chi connectivity index (χ4v) is 5.15. The number of hydrogen-bond acceptors (Lipinski definition) is 6. The van der Waals surface area contributed by atoms with E-state index < -0.39 is 0 Å². The first kappa shape index (κ1) is 24.6. The molecule has 0 spiro atoms. The van der Waals surface area contributed by atoms with Crippen LogP contribution in [0.15, 0.2) is 36.4 Å². The number of amides is 1. The van der Waals surface area contributed by atoms with Crippen LogP contribution in [0.1, 0.15) is 50.4 Å². The van der Waals surface area contributed by atoms with E-state index in [4.69, 9.17) is 5.10 Å². The molecule has 0 aliphatic carbocycles. The average Bonchev–Trinajstić information content (AvgIpc) is 3.31. The molecule has 0 radical (unpaired) electrons. The number of piperidine rings is 2. The maximum Gasteiger partial charge on any atom is 0.220 e. The van der Waals surface area contributed by atoms with Gasteiger partial charge in [0.2, 0.25) is 5.91 Å². The molecule has 192 valence electrons. The number of fused-ring (bicyclic) bond motifs is 1. The van der Waals surface area contributed by atoms with Crippen LogP contribution in [0.3, 0.4) is 0 Å². The highest BCUT2D eigenvalue weighted by Crippen LogP contribution is 2.22. The van der Waals surface area contributed by atoms with E-state index in [1.165, 1.54) is 25.0 Å². The number of aryl methyl sites for hydroxylation is 1. The van der Waals surface area contributed by atoms with E-state index in [1.807, 2.05) is 24.3 Å². The Bertz CT molecular complexity index is 1150. The van der Waals surface area contributed by atoms with E-state index in [-0.39, 0.29) is 11.7 Å². The van der Waals surface area contributed by atoms with E-state index in [1.54, 1.807) is 4.52 Å². The lowest BCUT2D eigenvalue weighted by molar-refractivity contribution is -0.121. The second kappa shape index (κ2) is 11.3. The van der Waals surface area contributed by atoms with Crippen molar-refractivity contribution >= 4 is 17.4 Å². The Morgan fingerprint density at radius 3 is 2.50 bits per heavy atom. The number of benzene rings is 1. The van der Waals surface area contributed by atoms with Gasteiger partial charge in [0.1, 0.15) is 11.6 Å². The van der Waals surface area contributed by atoms with Crippen molar-refractivity contribution < 1.29 is 9.18 Å². The highest BCUT2D eigenvalue weighted by Gasteiger charge is 2.21. The number of nitrogens with one attached hydrogen (secondary N) is 1. The van der Waals surface area contributed by atoms with Gasteiger partial charge in [0.15, 0.2) is 11.5 Å². The number of halogens is 1. The first-order valence-electron chi connectivity index (χ1n) is 13.2. The first-order valence-corrected chi connectivity index (χ1v) is 13.2. The molecular weight excluding hydrogens is 457 g/mol. The van der Waals surface area contributed by atoms with Crippen LogP contribution in [0.2, 0.25) is 0 Å². The van der Waals surface area contributed by atoms with E-state index >= 15 is 0 Å². The predicted molar refractivity (Wildman–Crippen MR) is 137 cm³/mol. The minimum absolute atomic E-state index is 0.0432. The van der Waals surface area contributed by atoms with Crippen LogP contribution >= 0.6 is 0 Å². The van der Waals surface area contributed by atoms with Crippen LogP contribution in [-0.4, -0.2) is 63.3 Å². The molecule has 2 aliphatic rings. The van der Waals surface area contributed by atoms with Gasteiger partial charge >= 0.3 is 0 Å². The summed E-state index contributed by atoms with van der Waals surface area (Å²) < 4.78 is 14.9. The number of hydrogen-bond donors (Lipinski definition) is 1. The molecule has 2 aromatic heterocycles. The molecule has 5 rings (SSSR count). The molecule has 2 fully saturated rings. The highest BCUT2D eigenvalue weighted by atomic mass is 19.1. The quantitative estimate of drug-likeness (QED) is 0.518. The first-order chi connectivity index (χ1) is 17.5. The molecule has 9 heteroatoms. The zero-order chi connectivity index (χ0) is 24.9. The topological polar surface area (TPSA) is 78.7 Å². The van der Waals surface area contributed by atoms with Crippen LogP contribution in [0.4, 0.5) is 10.2 Å². The Kier molecular flexibility index (Phi) is 7.75. The summed E-state index contributed by atoms with van der Waals surface area (Å²) in [4.78, 5) is 17.3. The van der Waals surface area contributed by atoms with Crippen molar-refractivity contribution in [2.24, 2.45) is 11.8 Å². The summed E-state index contributed by atoms with van der Waals surface area (Å²) >= 11 is 0. The van der Waals surface area contributed by atoms with Crippen molar-refractivity contribution in [3.05, 3.63) is 53.6 Å². The third kappa shape index (κ3) is 6.19. The van der Waals surface area contributed by atoms with Gasteiger partial charge in [0, 0.05) is 39.0 Å². The summed E-state index contributed by atoms with van der Waals surface area (Å²) in [5.74, 6) is 2.78. The second-order valence-corrected chi connectivity index (χ2v) is 10.4. The third-order valence-electron chi connectivity index (χ3n) is 7.61. The fraction of sp³-hybridized carbons (Fsp3) is 0.556. The fourth-order valence-electron chi connectivity index (χ4n) is 5.15. The molecule has 4 heterocycles. The molecule has 2 aliphatic heterocycles. The Morgan fingerprint density at radius 1 is 1.00 bits per heavy atom. The molecule has 2 saturated heterocycles. The van der Waals surface area contributed by atoms with Gasteiger partial charge in [0.25, 0.3) is 0 Å². The average molecular weight is 494 g/mol. The number of anilines is 1. The minimum atomic E-state index is -0.196. The molecule has 0 bridgehead atoms. The van der Waals surface area contributed by atoms with Crippen LogP contribution in [-0.2, 0) is 17.8 Å². The van der Waals surface area contributed by atoms with Gasteiger partial charge in [-0.3, -0.25) is 9.69 Å². The van der Waals surface area contributed by atoms with Crippen LogP contribution in [0, 0.1) is 17.7 Å². The lowest BCUT2D eigenvalue weighted by Gasteiger charge is -2.32. The standard InChI is InChI=1S/C27H36FN7O/c1-20-10-16-34(17-11-20)26-7-6-24-30-31-25(35(24)32-26)8-9-27(36)29-18-21-12-14-33(15-13-21)19-22-2-4-23(28)5-3-22/h2-7,20-21H,8-19H2,1H3,(H,29,36). The molecule has 36 heavy (non-hydrogen) atoms. The highest BCUT2D eigenvalue weighted by molar-refractivity contribution is 5.76. The Morgan fingerprint density at radius 2 is 1.75 bits per heavy atom. The monoisotopic (exact) mass is 493 g/mol. The minimum Gasteiger partial charge on any atom is -0.356 e. The van der Waals surface area contributed by atoms with E-state index in [0.29, 0.717) is 31.0 Å². The molecule has 0 unspecified atom stereocenters. The van der Waals surface area contributed by atoms with Gasteiger partial charge in [-0.1, -0.05) is 19.1 Å². The number of nitrogens with zero attached hydrogens (tertiary/aromatic N) is 6. The van der Waals surface area contributed by atoms with Gasteiger partial charge in [0.05, 0.1) is 0 Å². The summed E-state index contributed by atoms with van der Waals surface area (Å²) in [6.07, 6.45) is 5.36. The normalized spacial score (nSPS) is 18.1. The molecule has 1 amide bonds. The number of rotatable bonds is 8. The van der Waals surface area contributed by atoms with E-state index in [2.05, 4.69) is 32.2 Å². The van der Waals surface area contributed by atoms with Crippen molar-refractivity contribution in [1.29, 1.82) is 0 Å². The molecule has 3 aromatic rings. The van der Waals surface area contributed by atoms with Gasteiger partial charge < -0.3 is 10.2 Å². The maximum atomic E-state index is 13.1. The number of carbonyl (C=O) groups excluding carboxylic acids is 1. The van der Waals surface area contributed by atoms with E-state index in [0.717, 1.165) is 68.7 Å². The second-order valence-electron chi connectivity index (χ2n) is 10.4. The van der Waals surface area contributed by atoms with Crippen molar-refractivity contribution in [3.63, 3.8) is 0 Å². The van der Waals surface area contributed by atoms with Gasteiger partial charge in [-0.25, -0.2) is 4.39 Å². The maximum absolute atomic E-state index is 13.1. The van der Waals surface area contributed by atoms with Gasteiger partial charge in [-0.15, -0.1) is 15.3 Å². The lowest BCUT2D eigenvalue weighted by atomic mass is 9.96. The van der Waals surface area contributed by atoms with Crippen LogP contribution < -0.4 is 10.2 Å². The summed E-state index contributed by atoms with van der Waals surface area (Å²) in [5, 5.41) is 16.4. The van der Waals surface area contributed by atoms with Gasteiger partial charge in [-0.05, 0) is 80.4 Å². The number of carbonyl (C=O) groups is 1. The zero-order valence-electron chi connectivity index (χ0n) is 21.1. The largest absolute Gasteiger partial charge is 0.356 e. The van der Waals surface area contributed by atoms with Crippen molar-refractivity contribution in [3.8, 4) is 0 Å². The summed E-state index contributed by atoms with van der Waals surface area (Å²) in [7, 11) is 0. The predicted octanol–water partition coefficient (Wildman–Crippen LogP) is 3.46. The number of likely N-dealkylation sites (tertiary alicyclic amines) is 1. The van der Waals surface area contributed by atoms with Crippen molar-refractivity contribution in [1.82, 2.24) is 30.0 Å². The molecule has 1 N–H and O–H groups in total. The SMILES string of the molecule is CC1CCN(c2ccc3nnc(CCC(=O)NCC4CCN(Cc5ccc(F)cc5)CC4)n3n2)CC1. The summed E-state index contributed by atoms with van der Waals surface area (Å²) in [5.41, 5.74) is 1.85. The Balaban J connectivity index is 1.06. The number of aromatic nitrogens is 4. The summed E-state index contributed by atoms with van der Waals surface area (Å²) in [6, 6.07) is 10.7. The molecule has 1 aromatic carbocycles. The van der Waals surface area contributed by atoms with Crippen LogP contribution in [0.5, 0.6) is 0 Å². The van der Waals surface area contributed by atoms with Gasteiger partial charge in [-0.2, -0.15) is 4.52 Å². The smallest absolute Gasteiger partial charge is 0.220 e. The van der Waals surface area contributed by atoms with Crippen molar-refractivity contribution in [2.75, 3.05) is 37.6 Å². The van der Waals surface area contributed by atoms with Crippen molar-refractivity contribution in [2.45, 2.75) is 52.0 Å².